The molecule has 4 N–H and O–H groups in total. The third kappa shape index (κ3) is 2.93. The van der Waals surface area contributed by atoms with Crippen molar-refractivity contribution in [3.8, 4) is 5.75 Å². The van der Waals surface area contributed by atoms with E-state index in [-0.39, 0.29) is 5.75 Å². The Hall–Kier alpha value is -0.100. The molecule has 0 spiro atoms. The molecule has 1 rings (SSSR count). The van der Waals surface area contributed by atoms with Crippen molar-refractivity contribution in [1.82, 2.24) is 0 Å². The highest BCUT2D eigenvalue weighted by atomic mass is 79.9. The minimum absolute atomic E-state index is 0.0817. The largest absolute Gasteiger partial charge is 0.506 e. The topological polar surface area (TPSA) is 66.5 Å². The zero-order valence-electron chi connectivity index (χ0n) is 8.24. The lowest BCUT2D eigenvalue weighted by Gasteiger charge is -2.19. The molecule has 15 heavy (non-hydrogen) atoms. The van der Waals surface area contributed by atoms with Gasteiger partial charge >= 0.3 is 0 Å². The fourth-order valence-electron chi connectivity index (χ4n) is 1.30. The van der Waals surface area contributed by atoms with E-state index in [1.165, 1.54) is 0 Å². The van der Waals surface area contributed by atoms with Gasteiger partial charge in [0, 0.05) is 10.0 Å². The minimum atomic E-state index is -0.655. The molecule has 0 aliphatic carbocycles. The molecule has 0 saturated carbocycles. The van der Waals surface area contributed by atoms with Gasteiger partial charge in [-0.05, 0) is 34.5 Å². The molecule has 0 bridgehead atoms. The first-order valence-corrected chi connectivity index (χ1v) is 6.17. The number of phenolic OH excluding ortho intramolecular Hbond substituents is 1. The summed E-state index contributed by atoms with van der Waals surface area (Å²) in [6, 6.07) is 2.86. The maximum Gasteiger partial charge on any atom is 0.134 e. The van der Waals surface area contributed by atoms with E-state index in [9.17, 15) is 10.2 Å². The first-order valence-electron chi connectivity index (χ1n) is 4.59. The lowest BCUT2D eigenvalue weighted by atomic mass is 10.00. The molecule has 0 radical (unpaired) electrons. The van der Waals surface area contributed by atoms with Gasteiger partial charge in [-0.2, -0.15) is 0 Å². The van der Waals surface area contributed by atoms with Crippen LogP contribution in [0.5, 0.6) is 5.75 Å². The summed E-state index contributed by atoms with van der Waals surface area (Å²) in [4.78, 5) is 0. The monoisotopic (exact) mass is 337 g/mol. The Morgan fingerprint density at radius 2 is 2.00 bits per heavy atom. The molecule has 0 fully saturated rings. The maximum absolute atomic E-state index is 9.78. The normalized spacial score (nSPS) is 15.0. The first kappa shape index (κ1) is 13.0. The summed E-state index contributed by atoms with van der Waals surface area (Å²) in [6.07, 6.45) is -0.109. The lowest BCUT2D eigenvalue weighted by molar-refractivity contribution is 0.139. The average Bonchev–Trinajstić information content (AvgIpc) is 2.21. The summed E-state index contributed by atoms with van der Waals surface area (Å²) in [5.74, 6) is 0.0817. The molecule has 0 saturated heterocycles. The van der Waals surface area contributed by atoms with Crippen LogP contribution in [0.4, 0.5) is 0 Å². The number of aliphatic hydroxyl groups is 1. The molecular weight excluding hydrogens is 326 g/mol. The molecule has 0 aliphatic heterocycles. The summed E-state index contributed by atoms with van der Waals surface area (Å²) >= 11 is 6.53. The van der Waals surface area contributed by atoms with E-state index in [0.717, 1.165) is 4.47 Å². The van der Waals surface area contributed by atoms with Crippen molar-refractivity contribution < 1.29 is 10.2 Å². The van der Waals surface area contributed by atoms with Gasteiger partial charge in [0.15, 0.2) is 0 Å². The smallest absolute Gasteiger partial charge is 0.134 e. The minimum Gasteiger partial charge on any atom is -0.506 e. The van der Waals surface area contributed by atoms with E-state index in [0.29, 0.717) is 16.5 Å². The Bertz CT molecular complexity index is 358. The molecule has 3 nitrogen and oxygen atoms in total. The van der Waals surface area contributed by atoms with Crippen LogP contribution in [0.1, 0.15) is 24.9 Å². The number of hydrogen-bond donors (Lipinski definition) is 3. The van der Waals surface area contributed by atoms with Crippen LogP contribution in [0, 0.1) is 0 Å². The second-order valence-electron chi connectivity index (χ2n) is 3.33. The first-order chi connectivity index (χ1) is 6.97. The fraction of sp³-hybridized carbons (Fsp3) is 0.400. The molecule has 0 heterocycles. The van der Waals surface area contributed by atoms with Gasteiger partial charge in [-0.3, -0.25) is 0 Å². The van der Waals surface area contributed by atoms with Crippen molar-refractivity contribution in [2.75, 3.05) is 0 Å². The highest BCUT2D eigenvalue weighted by molar-refractivity contribution is 9.11. The van der Waals surface area contributed by atoms with Gasteiger partial charge in [-0.15, -0.1) is 0 Å². The van der Waals surface area contributed by atoms with Crippen LogP contribution >= 0.6 is 31.9 Å². The van der Waals surface area contributed by atoms with E-state index >= 15 is 0 Å². The van der Waals surface area contributed by atoms with E-state index in [2.05, 4.69) is 31.9 Å². The number of aromatic hydroxyl groups is 1. The van der Waals surface area contributed by atoms with Crippen LogP contribution in [-0.2, 0) is 0 Å². The Kier molecular flexibility index (Phi) is 4.58. The molecule has 1 aromatic carbocycles. The van der Waals surface area contributed by atoms with Crippen molar-refractivity contribution in [2.45, 2.75) is 25.5 Å². The van der Waals surface area contributed by atoms with Gasteiger partial charge in [-0.25, -0.2) is 0 Å². The molecule has 5 heteroatoms. The van der Waals surface area contributed by atoms with Crippen molar-refractivity contribution >= 4 is 31.9 Å². The number of nitrogens with two attached hydrogens (primary N) is 1. The number of hydrogen-bond acceptors (Lipinski definition) is 3. The summed E-state index contributed by atoms with van der Waals surface area (Å²) in [6.45, 7) is 1.84. The van der Waals surface area contributed by atoms with E-state index in [4.69, 9.17) is 5.73 Å². The Labute approximate surface area is 106 Å². The Morgan fingerprint density at radius 3 is 2.53 bits per heavy atom. The van der Waals surface area contributed by atoms with Crippen LogP contribution in [0.15, 0.2) is 21.1 Å². The van der Waals surface area contributed by atoms with Crippen LogP contribution in [-0.4, -0.2) is 16.3 Å². The Morgan fingerprint density at radius 1 is 1.40 bits per heavy atom. The molecule has 1 aromatic rings. The molecule has 0 aliphatic rings. The number of phenols is 1. The third-order valence-electron chi connectivity index (χ3n) is 2.25. The van der Waals surface area contributed by atoms with Gasteiger partial charge in [0.05, 0.1) is 16.6 Å². The number of rotatable bonds is 3. The van der Waals surface area contributed by atoms with Gasteiger partial charge in [0.2, 0.25) is 0 Å². The van der Waals surface area contributed by atoms with E-state index < -0.39 is 12.1 Å². The van der Waals surface area contributed by atoms with Gasteiger partial charge in [0.25, 0.3) is 0 Å². The highest BCUT2D eigenvalue weighted by Gasteiger charge is 2.20. The summed E-state index contributed by atoms with van der Waals surface area (Å²) < 4.78 is 1.37. The lowest BCUT2D eigenvalue weighted by Crippen LogP contribution is -2.25. The second kappa shape index (κ2) is 5.30. The van der Waals surface area contributed by atoms with Crippen molar-refractivity contribution in [3.05, 3.63) is 26.6 Å². The van der Waals surface area contributed by atoms with Crippen molar-refractivity contribution in [1.29, 1.82) is 0 Å². The molecule has 0 unspecified atom stereocenters. The molecule has 84 valence electrons. The van der Waals surface area contributed by atoms with Crippen LogP contribution in [0.2, 0.25) is 0 Å². The van der Waals surface area contributed by atoms with Crippen molar-refractivity contribution in [3.63, 3.8) is 0 Å². The van der Waals surface area contributed by atoms with Crippen LogP contribution in [0.25, 0.3) is 0 Å². The second-order valence-corrected chi connectivity index (χ2v) is 5.10. The zero-order chi connectivity index (χ0) is 11.6. The number of aliphatic hydroxyl groups excluding tert-OH is 1. The SMILES string of the molecule is CC[C@@H](O)[C@@H](N)c1cc(Br)cc(Br)c1O. The fourth-order valence-corrected chi connectivity index (χ4v) is 2.56. The molecular formula is C10H13Br2NO2. The summed E-state index contributed by atoms with van der Waals surface area (Å²) in [7, 11) is 0. The Balaban J connectivity index is 3.13. The maximum atomic E-state index is 9.78. The number of benzene rings is 1. The predicted octanol–water partition coefficient (Wildman–Crippen LogP) is 2.69. The van der Waals surface area contributed by atoms with Gasteiger partial charge < -0.3 is 15.9 Å². The van der Waals surface area contributed by atoms with E-state index in [1.54, 1.807) is 12.1 Å². The third-order valence-corrected chi connectivity index (χ3v) is 3.31. The van der Waals surface area contributed by atoms with Crippen LogP contribution in [0.3, 0.4) is 0 Å². The molecule has 0 amide bonds. The average molecular weight is 339 g/mol. The van der Waals surface area contributed by atoms with E-state index in [1.807, 2.05) is 6.92 Å². The summed E-state index contributed by atoms with van der Waals surface area (Å²) in [5.41, 5.74) is 6.37. The molecule has 2 atom stereocenters. The predicted molar refractivity (Wildman–Crippen MR) is 66.7 cm³/mol. The van der Waals surface area contributed by atoms with Gasteiger partial charge in [-0.1, -0.05) is 22.9 Å². The van der Waals surface area contributed by atoms with Gasteiger partial charge in [0.1, 0.15) is 5.75 Å². The summed E-state index contributed by atoms with van der Waals surface area (Å²) in [5, 5.41) is 19.4. The highest BCUT2D eigenvalue weighted by Crippen LogP contribution is 2.35. The zero-order valence-corrected chi connectivity index (χ0v) is 11.4. The van der Waals surface area contributed by atoms with Crippen LogP contribution < -0.4 is 5.73 Å². The van der Waals surface area contributed by atoms with Crippen molar-refractivity contribution in [2.24, 2.45) is 5.73 Å². The number of halogens is 2. The quantitative estimate of drug-likeness (QED) is 0.793. The standard InChI is InChI=1S/C10H13Br2NO2/c1-2-8(14)9(13)6-3-5(11)4-7(12)10(6)15/h3-4,8-9,14-15H,2,13H2,1H3/t8-,9+/m1/s1. The molecule has 0 aromatic heterocycles.